The van der Waals surface area contributed by atoms with Gasteiger partial charge in [0, 0.05) is 43.5 Å². The second-order valence-electron chi connectivity index (χ2n) is 5.90. The third-order valence-electron chi connectivity index (χ3n) is 4.33. The molecule has 2 fully saturated rings. The van der Waals surface area contributed by atoms with Gasteiger partial charge in [0.2, 0.25) is 0 Å². The molecule has 2 heterocycles. The fourth-order valence-electron chi connectivity index (χ4n) is 3.18. The molecule has 2 unspecified atom stereocenters. The van der Waals surface area contributed by atoms with Crippen molar-refractivity contribution in [3.63, 3.8) is 0 Å². The molecule has 1 saturated heterocycles. The highest BCUT2D eigenvalue weighted by Crippen LogP contribution is 2.33. The third kappa shape index (κ3) is 2.68. The zero-order valence-electron chi connectivity index (χ0n) is 11.8. The Morgan fingerprint density at radius 2 is 2.16 bits per heavy atom. The standard InChI is InChI=1S/C15H23N3O/c1-3-17-9-12(4-7-15(17)19)16-13-8-11(2)18(10-13)14-5-6-14/h4,7,9,11,13-14,16H,3,5-6,8,10H2,1-2H3. The van der Waals surface area contributed by atoms with Crippen molar-refractivity contribution in [2.24, 2.45) is 0 Å². The largest absolute Gasteiger partial charge is 0.380 e. The minimum atomic E-state index is 0.0763. The number of anilines is 1. The Hall–Kier alpha value is -1.29. The molecule has 104 valence electrons. The van der Waals surface area contributed by atoms with Crippen LogP contribution in [0.15, 0.2) is 23.1 Å². The van der Waals surface area contributed by atoms with E-state index in [4.69, 9.17) is 0 Å². The average Bonchev–Trinajstić information content (AvgIpc) is 3.17. The van der Waals surface area contributed by atoms with Crippen molar-refractivity contribution < 1.29 is 0 Å². The quantitative estimate of drug-likeness (QED) is 0.899. The predicted octanol–water partition coefficient (Wildman–Crippen LogP) is 1.91. The molecule has 0 aromatic carbocycles. The number of rotatable bonds is 4. The summed E-state index contributed by atoms with van der Waals surface area (Å²) in [5, 5.41) is 3.58. The zero-order chi connectivity index (χ0) is 13.4. The fourth-order valence-corrected chi connectivity index (χ4v) is 3.18. The Labute approximate surface area is 114 Å². The smallest absolute Gasteiger partial charge is 0.250 e. The van der Waals surface area contributed by atoms with Crippen molar-refractivity contribution in [3.8, 4) is 0 Å². The van der Waals surface area contributed by atoms with E-state index in [0.717, 1.165) is 24.8 Å². The van der Waals surface area contributed by atoms with Crippen LogP contribution in [0.4, 0.5) is 5.69 Å². The van der Waals surface area contributed by atoms with E-state index in [1.54, 1.807) is 10.6 Å². The second kappa shape index (κ2) is 5.00. The Morgan fingerprint density at radius 1 is 1.37 bits per heavy atom. The summed E-state index contributed by atoms with van der Waals surface area (Å²) in [6, 6.07) is 5.59. The molecular formula is C15H23N3O. The summed E-state index contributed by atoms with van der Waals surface area (Å²) in [5.41, 5.74) is 1.14. The SMILES string of the molecule is CCn1cc(NC2CC(C)N(C3CC3)C2)ccc1=O. The summed E-state index contributed by atoms with van der Waals surface area (Å²) in [6.07, 6.45) is 5.88. The van der Waals surface area contributed by atoms with Crippen LogP contribution in [0, 0.1) is 0 Å². The summed E-state index contributed by atoms with van der Waals surface area (Å²) < 4.78 is 1.75. The second-order valence-corrected chi connectivity index (χ2v) is 5.90. The van der Waals surface area contributed by atoms with Crippen molar-refractivity contribution in [2.45, 2.75) is 57.8 Å². The van der Waals surface area contributed by atoms with Crippen molar-refractivity contribution in [2.75, 3.05) is 11.9 Å². The minimum absolute atomic E-state index is 0.0763. The van der Waals surface area contributed by atoms with Crippen molar-refractivity contribution in [1.29, 1.82) is 0 Å². The molecule has 0 bridgehead atoms. The van der Waals surface area contributed by atoms with Gasteiger partial charge >= 0.3 is 0 Å². The van der Waals surface area contributed by atoms with Gasteiger partial charge in [0.15, 0.2) is 0 Å². The third-order valence-corrected chi connectivity index (χ3v) is 4.33. The number of hydrogen-bond donors (Lipinski definition) is 1. The summed E-state index contributed by atoms with van der Waals surface area (Å²) >= 11 is 0. The molecule has 1 aliphatic heterocycles. The molecule has 4 nitrogen and oxygen atoms in total. The van der Waals surface area contributed by atoms with Gasteiger partial charge < -0.3 is 9.88 Å². The van der Waals surface area contributed by atoms with Crippen molar-refractivity contribution in [3.05, 3.63) is 28.7 Å². The lowest BCUT2D eigenvalue weighted by molar-refractivity contribution is 0.257. The lowest BCUT2D eigenvalue weighted by Gasteiger charge is -2.20. The average molecular weight is 261 g/mol. The highest BCUT2D eigenvalue weighted by atomic mass is 16.1. The summed E-state index contributed by atoms with van der Waals surface area (Å²) in [5.74, 6) is 0. The molecule has 2 aliphatic rings. The summed E-state index contributed by atoms with van der Waals surface area (Å²) in [7, 11) is 0. The van der Waals surface area contributed by atoms with Gasteiger partial charge in [-0.1, -0.05) is 0 Å². The van der Waals surface area contributed by atoms with Crippen LogP contribution in [0.2, 0.25) is 0 Å². The Morgan fingerprint density at radius 3 is 2.84 bits per heavy atom. The molecule has 0 spiro atoms. The molecule has 0 radical (unpaired) electrons. The van der Waals surface area contributed by atoms with Crippen molar-refractivity contribution in [1.82, 2.24) is 9.47 Å². The maximum absolute atomic E-state index is 11.6. The first-order chi connectivity index (χ1) is 9.17. The normalized spacial score (nSPS) is 27.7. The molecule has 19 heavy (non-hydrogen) atoms. The van der Waals surface area contributed by atoms with Gasteiger partial charge in [0.25, 0.3) is 5.56 Å². The molecule has 1 saturated carbocycles. The molecule has 2 atom stereocenters. The Kier molecular flexibility index (Phi) is 3.35. The van der Waals surface area contributed by atoms with Crippen molar-refractivity contribution >= 4 is 5.69 Å². The van der Waals surface area contributed by atoms with E-state index in [0.29, 0.717) is 12.1 Å². The molecule has 1 aromatic heterocycles. The topological polar surface area (TPSA) is 37.3 Å². The number of aryl methyl sites for hydroxylation is 1. The highest BCUT2D eigenvalue weighted by Gasteiger charge is 2.38. The molecule has 1 aromatic rings. The summed E-state index contributed by atoms with van der Waals surface area (Å²) in [6.45, 7) is 6.19. The van der Waals surface area contributed by atoms with Gasteiger partial charge in [-0.05, 0) is 39.2 Å². The van der Waals surface area contributed by atoms with Gasteiger partial charge in [-0.3, -0.25) is 9.69 Å². The van der Waals surface area contributed by atoms with Gasteiger partial charge in [-0.15, -0.1) is 0 Å². The summed E-state index contributed by atoms with van der Waals surface area (Å²) in [4.78, 5) is 14.2. The zero-order valence-corrected chi connectivity index (χ0v) is 11.8. The number of nitrogens with zero attached hydrogens (tertiary/aromatic N) is 2. The number of likely N-dealkylation sites (tertiary alicyclic amines) is 1. The Balaban J connectivity index is 1.67. The number of nitrogens with one attached hydrogen (secondary N) is 1. The lowest BCUT2D eigenvalue weighted by atomic mass is 10.2. The first-order valence-corrected chi connectivity index (χ1v) is 7.40. The maximum Gasteiger partial charge on any atom is 0.250 e. The van der Waals surface area contributed by atoms with Gasteiger partial charge in [0.1, 0.15) is 0 Å². The van der Waals surface area contributed by atoms with Gasteiger partial charge in [-0.2, -0.15) is 0 Å². The molecule has 1 N–H and O–H groups in total. The first-order valence-electron chi connectivity index (χ1n) is 7.40. The molecule has 3 rings (SSSR count). The highest BCUT2D eigenvalue weighted by molar-refractivity contribution is 5.41. The van der Waals surface area contributed by atoms with Crippen LogP contribution in [0.5, 0.6) is 0 Å². The Bertz CT molecular complexity index is 506. The number of hydrogen-bond acceptors (Lipinski definition) is 3. The molecule has 1 aliphatic carbocycles. The van der Waals surface area contributed by atoms with Crippen LogP contribution in [0.3, 0.4) is 0 Å². The van der Waals surface area contributed by atoms with E-state index in [9.17, 15) is 4.79 Å². The van der Waals surface area contributed by atoms with E-state index in [-0.39, 0.29) is 5.56 Å². The molecular weight excluding hydrogens is 238 g/mol. The molecule has 0 amide bonds. The van der Waals surface area contributed by atoms with Crippen LogP contribution in [-0.4, -0.2) is 34.1 Å². The van der Waals surface area contributed by atoms with Crippen LogP contribution >= 0.6 is 0 Å². The van der Waals surface area contributed by atoms with E-state index in [1.807, 2.05) is 19.2 Å². The minimum Gasteiger partial charge on any atom is -0.380 e. The maximum atomic E-state index is 11.6. The van der Waals surface area contributed by atoms with Crippen LogP contribution in [0.1, 0.15) is 33.1 Å². The van der Waals surface area contributed by atoms with Crippen LogP contribution < -0.4 is 10.9 Å². The molecule has 4 heteroatoms. The number of aromatic nitrogens is 1. The van der Waals surface area contributed by atoms with E-state index in [2.05, 4.69) is 17.1 Å². The van der Waals surface area contributed by atoms with E-state index in [1.165, 1.54) is 19.3 Å². The lowest BCUT2D eigenvalue weighted by Crippen LogP contribution is -2.31. The predicted molar refractivity (Wildman–Crippen MR) is 77.6 cm³/mol. The van der Waals surface area contributed by atoms with E-state index < -0.39 is 0 Å². The number of pyridine rings is 1. The first kappa shape index (κ1) is 12.7. The van der Waals surface area contributed by atoms with Crippen LogP contribution in [-0.2, 0) is 6.54 Å². The fraction of sp³-hybridized carbons (Fsp3) is 0.667. The monoisotopic (exact) mass is 261 g/mol. The van der Waals surface area contributed by atoms with Crippen LogP contribution in [0.25, 0.3) is 0 Å². The van der Waals surface area contributed by atoms with Gasteiger partial charge in [-0.25, -0.2) is 0 Å². The van der Waals surface area contributed by atoms with E-state index >= 15 is 0 Å². The van der Waals surface area contributed by atoms with Gasteiger partial charge in [0.05, 0.1) is 5.69 Å².